The van der Waals surface area contributed by atoms with Crippen LogP contribution in [0.5, 0.6) is 0 Å². The number of carbonyl (C=O) groups is 1. The highest BCUT2D eigenvalue weighted by atomic mass is 19.1. The molecule has 1 aromatic carbocycles. The Hall–Kier alpha value is -1.66. The number of benzene rings is 1. The van der Waals surface area contributed by atoms with Gasteiger partial charge in [0, 0.05) is 55.4 Å². The summed E-state index contributed by atoms with van der Waals surface area (Å²) in [4.78, 5) is 17.0. The summed E-state index contributed by atoms with van der Waals surface area (Å²) in [7, 11) is 0. The first-order chi connectivity index (χ1) is 11.7. The van der Waals surface area contributed by atoms with Crippen LogP contribution in [-0.4, -0.2) is 55.1 Å². The maximum absolute atomic E-state index is 14.7. The van der Waals surface area contributed by atoms with Gasteiger partial charge in [-0.1, -0.05) is 0 Å². The molecule has 0 aromatic heterocycles. The van der Waals surface area contributed by atoms with Gasteiger partial charge in [-0.05, 0) is 37.9 Å². The van der Waals surface area contributed by atoms with Crippen molar-refractivity contribution >= 4 is 11.6 Å². The smallest absolute Gasteiger partial charge is 0.254 e. The average molecular weight is 330 g/mol. The fourth-order valence-corrected chi connectivity index (χ4v) is 4.90. The maximum Gasteiger partial charge on any atom is 0.254 e. The normalized spacial score (nSPS) is 31.9. The molecule has 2 N–H and O–H groups in total. The third kappa shape index (κ3) is 2.09. The van der Waals surface area contributed by atoms with Crippen LogP contribution >= 0.6 is 0 Å². The largest absolute Gasteiger partial charge is 0.363 e. The van der Waals surface area contributed by atoms with Crippen molar-refractivity contribution in [2.24, 2.45) is 0 Å². The Balaban J connectivity index is 1.50. The van der Waals surface area contributed by atoms with Gasteiger partial charge >= 0.3 is 0 Å². The first kappa shape index (κ1) is 14.7. The lowest BCUT2D eigenvalue weighted by molar-refractivity contribution is 0.0674. The Kier molecular flexibility index (Phi) is 3.31. The van der Waals surface area contributed by atoms with Crippen molar-refractivity contribution in [3.05, 3.63) is 29.1 Å². The predicted octanol–water partition coefficient (Wildman–Crippen LogP) is 1.08. The molecular formula is C18H23FN4O. The lowest BCUT2D eigenvalue weighted by atomic mass is 10.1. The van der Waals surface area contributed by atoms with Gasteiger partial charge in [0.05, 0.1) is 5.69 Å². The highest BCUT2D eigenvalue weighted by molar-refractivity contribution is 6.00. The van der Waals surface area contributed by atoms with Crippen LogP contribution in [0.25, 0.3) is 0 Å². The molecule has 128 valence electrons. The van der Waals surface area contributed by atoms with Crippen LogP contribution in [0.1, 0.15) is 35.2 Å². The first-order valence-corrected chi connectivity index (χ1v) is 9.05. The first-order valence-electron chi connectivity index (χ1n) is 9.05. The summed E-state index contributed by atoms with van der Waals surface area (Å²) in [6.45, 7) is 4.18. The van der Waals surface area contributed by atoms with E-state index in [0.717, 1.165) is 51.0 Å². The van der Waals surface area contributed by atoms with Gasteiger partial charge in [-0.25, -0.2) is 4.39 Å². The number of piperazine rings is 1. The van der Waals surface area contributed by atoms with Gasteiger partial charge in [0.1, 0.15) is 5.82 Å². The Bertz CT molecular complexity index is 688. The molecule has 2 bridgehead atoms. The second-order valence-corrected chi connectivity index (χ2v) is 7.50. The van der Waals surface area contributed by atoms with Crippen LogP contribution in [0.2, 0.25) is 0 Å². The van der Waals surface area contributed by atoms with Crippen LogP contribution in [0, 0.1) is 5.82 Å². The summed E-state index contributed by atoms with van der Waals surface area (Å²) in [6, 6.07) is 4.21. The van der Waals surface area contributed by atoms with E-state index in [1.165, 1.54) is 6.07 Å². The molecule has 5 nitrogen and oxygen atoms in total. The van der Waals surface area contributed by atoms with Gasteiger partial charge in [-0.2, -0.15) is 0 Å². The van der Waals surface area contributed by atoms with Crippen LogP contribution < -0.4 is 15.5 Å². The van der Waals surface area contributed by atoms with E-state index in [1.54, 1.807) is 6.07 Å². The van der Waals surface area contributed by atoms with E-state index in [0.29, 0.717) is 29.9 Å². The summed E-state index contributed by atoms with van der Waals surface area (Å²) < 4.78 is 14.7. The van der Waals surface area contributed by atoms with Crippen molar-refractivity contribution in [3.8, 4) is 0 Å². The molecule has 5 rings (SSSR count). The Morgan fingerprint density at radius 2 is 2.08 bits per heavy atom. The molecule has 4 aliphatic rings. The molecule has 6 heteroatoms. The number of nitrogens with one attached hydrogen (secondary N) is 2. The number of fused-ring (bicyclic) bond motifs is 3. The molecule has 3 unspecified atom stereocenters. The van der Waals surface area contributed by atoms with Gasteiger partial charge in [0.2, 0.25) is 0 Å². The zero-order valence-corrected chi connectivity index (χ0v) is 13.7. The number of hydrogen-bond acceptors (Lipinski definition) is 4. The van der Waals surface area contributed by atoms with Crippen LogP contribution in [0.4, 0.5) is 10.1 Å². The lowest BCUT2D eigenvalue weighted by Crippen LogP contribution is -2.46. The van der Waals surface area contributed by atoms with Crippen molar-refractivity contribution in [2.75, 3.05) is 31.1 Å². The van der Waals surface area contributed by atoms with Gasteiger partial charge in [0.25, 0.3) is 5.91 Å². The molecule has 24 heavy (non-hydrogen) atoms. The summed E-state index contributed by atoms with van der Waals surface area (Å²) in [5, 5.41) is 6.84. The molecule has 3 fully saturated rings. The van der Waals surface area contributed by atoms with Gasteiger partial charge in [-0.3, -0.25) is 4.79 Å². The van der Waals surface area contributed by atoms with Gasteiger partial charge in [-0.15, -0.1) is 0 Å². The fraction of sp³-hybridized carbons (Fsp3) is 0.611. The highest BCUT2D eigenvalue weighted by Crippen LogP contribution is 2.39. The van der Waals surface area contributed by atoms with E-state index in [2.05, 4.69) is 15.5 Å². The van der Waals surface area contributed by atoms with Crippen LogP contribution in [-0.2, 0) is 6.54 Å². The second kappa shape index (κ2) is 5.43. The minimum Gasteiger partial charge on any atom is -0.363 e. The fourth-order valence-electron chi connectivity index (χ4n) is 4.90. The van der Waals surface area contributed by atoms with Crippen molar-refractivity contribution < 1.29 is 9.18 Å². The number of amides is 1. The van der Waals surface area contributed by atoms with Gasteiger partial charge < -0.3 is 20.4 Å². The SMILES string of the molecule is O=C1c2ccc(F)c(N3CC4CC3CN4)c2CN1C1CCCNC1. The minimum absolute atomic E-state index is 0.0717. The van der Waals surface area contributed by atoms with Crippen LogP contribution in [0.3, 0.4) is 0 Å². The summed E-state index contributed by atoms with van der Waals surface area (Å²) >= 11 is 0. The third-order valence-electron chi connectivity index (χ3n) is 6.11. The second-order valence-electron chi connectivity index (χ2n) is 7.50. The number of hydrogen-bond donors (Lipinski definition) is 2. The standard InChI is InChI=1S/C18H23FN4O/c19-16-4-3-14-15(17(16)22-9-11-6-13(22)8-21-11)10-23(18(14)24)12-2-1-5-20-7-12/h3-4,11-13,20-21H,1-2,5-10H2. The molecule has 3 saturated heterocycles. The monoisotopic (exact) mass is 330 g/mol. The van der Waals surface area contributed by atoms with Crippen molar-refractivity contribution in [3.63, 3.8) is 0 Å². The Morgan fingerprint density at radius 1 is 1.17 bits per heavy atom. The van der Waals surface area contributed by atoms with E-state index < -0.39 is 0 Å². The minimum atomic E-state index is -0.183. The molecule has 0 radical (unpaired) electrons. The van der Waals surface area contributed by atoms with E-state index in [1.807, 2.05) is 4.90 Å². The van der Waals surface area contributed by atoms with E-state index in [4.69, 9.17) is 0 Å². The Labute approximate surface area is 141 Å². The molecular weight excluding hydrogens is 307 g/mol. The number of anilines is 1. The van der Waals surface area contributed by atoms with E-state index in [9.17, 15) is 9.18 Å². The number of nitrogens with zero attached hydrogens (tertiary/aromatic N) is 2. The number of halogens is 1. The zero-order valence-electron chi connectivity index (χ0n) is 13.7. The molecule has 4 heterocycles. The highest BCUT2D eigenvalue weighted by Gasteiger charge is 2.42. The molecule has 0 saturated carbocycles. The number of piperidine rings is 1. The summed E-state index contributed by atoms with van der Waals surface area (Å²) in [5.74, 6) is -0.111. The third-order valence-corrected chi connectivity index (χ3v) is 6.11. The molecule has 1 aromatic rings. The van der Waals surface area contributed by atoms with E-state index in [-0.39, 0.29) is 17.8 Å². The predicted molar refractivity (Wildman–Crippen MR) is 89.7 cm³/mol. The molecule has 1 amide bonds. The van der Waals surface area contributed by atoms with Crippen LogP contribution in [0.15, 0.2) is 12.1 Å². The van der Waals surface area contributed by atoms with E-state index >= 15 is 0 Å². The quantitative estimate of drug-likeness (QED) is 0.852. The van der Waals surface area contributed by atoms with Crippen molar-refractivity contribution in [2.45, 2.75) is 43.9 Å². The molecule has 0 aliphatic carbocycles. The molecule has 3 atom stereocenters. The lowest BCUT2D eigenvalue weighted by Gasteiger charge is -2.33. The number of rotatable bonds is 2. The average Bonchev–Trinajstić information content (AvgIpc) is 3.30. The zero-order chi connectivity index (χ0) is 16.3. The maximum atomic E-state index is 14.7. The molecule has 4 aliphatic heterocycles. The Morgan fingerprint density at radius 3 is 2.79 bits per heavy atom. The van der Waals surface area contributed by atoms with Gasteiger partial charge in [0.15, 0.2) is 0 Å². The number of carbonyl (C=O) groups excluding carboxylic acids is 1. The molecule has 0 spiro atoms. The summed E-state index contributed by atoms with van der Waals surface area (Å²) in [5.41, 5.74) is 2.28. The summed E-state index contributed by atoms with van der Waals surface area (Å²) in [6.07, 6.45) is 3.20. The van der Waals surface area contributed by atoms with Crippen molar-refractivity contribution in [1.82, 2.24) is 15.5 Å². The van der Waals surface area contributed by atoms with Crippen molar-refractivity contribution in [1.29, 1.82) is 0 Å². The topological polar surface area (TPSA) is 47.6 Å².